The van der Waals surface area contributed by atoms with E-state index in [4.69, 9.17) is 0 Å². The maximum absolute atomic E-state index is 11.7. The van der Waals surface area contributed by atoms with Gasteiger partial charge in [-0.2, -0.15) is 0 Å². The number of hydrogen-bond acceptors (Lipinski definition) is 6. The van der Waals surface area contributed by atoms with E-state index < -0.39 is 15.9 Å². The van der Waals surface area contributed by atoms with Crippen molar-refractivity contribution in [1.29, 1.82) is 0 Å². The number of carbonyl (C=O) groups is 1. The van der Waals surface area contributed by atoms with E-state index in [0.29, 0.717) is 5.82 Å². The molecule has 0 unspecified atom stereocenters. The Balaban J connectivity index is 2.52. The summed E-state index contributed by atoms with van der Waals surface area (Å²) in [5, 5.41) is 5.26. The maximum Gasteiger partial charge on any atom is 0.271 e. The minimum Gasteiger partial charge on any atom is -0.372 e. The van der Waals surface area contributed by atoms with Crippen LogP contribution in [0.1, 0.15) is 10.5 Å². The van der Waals surface area contributed by atoms with Crippen molar-refractivity contribution in [2.45, 2.75) is 0 Å². The van der Waals surface area contributed by atoms with Gasteiger partial charge in [-0.3, -0.25) is 4.79 Å². The van der Waals surface area contributed by atoms with Gasteiger partial charge in [-0.15, -0.1) is 0 Å². The molecule has 0 radical (unpaired) electrons. The van der Waals surface area contributed by atoms with Crippen LogP contribution in [0.15, 0.2) is 12.4 Å². The summed E-state index contributed by atoms with van der Waals surface area (Å²) in [7, 11) is 1.26. The summed E-state index contributed by atoms with van der Waals surface area (Å²) in [5.74, 6) is -0.0656. The highest BCUT2D eigenvalue weighted by atomic mass is 32.2. The lowest BCUT2D eigenvalue weighted by Gasteiger charge is -2.11. The Morgan fingerprint density at radius 3 is 2.47 bits per heavy atom. The molecule has 0 spiro atoms. The molecule has 1 aromatic heterocycles. The van der Waals surface area contributed by atoms with Gasteiger partial charge in [0.05, 0.1) is 18.1 Å². The second-order valence-corrected chi connectivity index (χ2v) is 6.19. The molecule has 0 bridgehead atoms. The van der Waals surface area contributed by atoms with Crippen LogP contribution in [0.25, 0.3) is 0 Å². The molecule has 0 aliphatic heterocycles. The number of aromatic nitrogens is 2. The van der Waals surface area contributed by atoms with E-state index in [1.54, 1.807) is 7.05 Å². The van der Waals surface area contributed by atoms with E-state index in [2.05, 4.69) is 20.6 Å². The molecule has 0 aromatic carbocycles. The van der Waals surface area contributed by atoms with E-state index in [1.807, 2.05) is 0 Å². The Bertz CT molecular complexity index is 527. The minimum absolute atomic E-state index is 0.0226. The average molecular weight is 287 g/mol. The van der Waals surface area contributed by atoms with Crippen molar-refractivity contribution in [3.63, 3.8) is 0 Å². The lowest BCUT2D eigenvalue weighted by atomic mass is 10.4. The first-order valence-corrected chi connectivity index (χ1v) is 7.16. The fraction of sp³-hybridized carbons (Fsp3) is 0.500. The fourth-order valence-corrected chi connectivity index (χ4v) is 1.87. The van der Waals surface area contributed by atoms with Crippen LogP contribution in [0.4, 0.5) is 5.82 Å². The van der Waals surface area contributed by atoms with Gasteiger partial charge in [-0.25, -0.2) is 22.7 Å². The van der Waals surface area contributed by atoms with Gasteiger partial charge < -0.3 is 10.6 Å². The zero-order chi connectivity index (χ0) is 14.5. The predicted molar refractivity (Wildman–Crippen MR) is 71.4 cm³/mol. The number of amides is 1. The fourth-order valence-electron chi connectivity index (χ4n) is 1.14. The van der Waals surface area contributed by atoms with Gasteiger partial charge in [0.25, 0.3) is 5.91 Å². The van der Waals surface area contributed by atoms with E-state index in [1.165, 1.54) is 26.5 Å². The molecule has 0 aliphatic rings. The molecule has 1 aromatic rings. The molecule has 0 atom stereocenters. The average Bonchev–Trinajstić information content (AvgIpc) is 2.38. The molecule has 8 nitrogen and oxygen atoms in total. The van der Waals surface area contributed by atoms with Gasteiger partial charge in [0.15, 0.2) is 0 Å². The number of sulfonamides is 1. The van der Waals surface area contributed by atoms with E-state index in [0.717, 1.165) is 4.31 Å². The monoisotopic (exact) mass is 287 g/mol. The first-order chi connectivity index (χ1) is 8.86. The van der Waals surface area contributed by atoms with Crippen molar-refractivity contribution >= 4 is 21.7 Å². The largest absolute Gasteiger partial charge is 0.372 e. The molecular formula is C10H17N5O3S. The van der Waals surface area contributed by atoms with Gasteiger partial charge in [-0.05, 0) is 0 Å². The summed E-state index contributed by atoms with van der Waals surface area (Å²) >= 11 is 0. The molecule has 0 fully saturated rings. The van der Waals surface area contributed by atoms with E-state index in [9.17, 15) is 13.2 Å². The van der Waals surface area contributed by atoms with Gasteiger partial charge in [0.2, 0.25) is 10.0 Å². The van der Waals surface area contributed by atoms with Crippen molar-refractivity contribution in [1.82, 2.24) is 19.6 Å². The molecule has 19 heavy (non-hydrogen) atoms. The molecule has 0 saturated heterocycles. The second kappa shape index (κ2) is 6.43. The summed E-state index contributed by atoms with van der Waals surface area (Å²) in [6.07, 6.45) is 2.74. The maximum atomic E-state index is 11.7. The zero-order valence-electron chi connectivity index (χ0n) is 11.0. The van der Waals surface area contributed by atoms with Crippen LogP contribution in [0.3, 0.4) is 0 Å². The molecular weight excluding hydrogens is 270 g/mol. The Morgan fingerprint density at radius 2 is 2.00 bits per heavy atom. The first kappa shape index (κ1) is 15.3. The summed E-state index contributed by atoms with van der Waals surface area (Å²) in [6.45, 7) is 0.0226. The molecule has 9 heteroatoms. The molecule has 0 saturated carbocycles. The number of hydrogen-bond donors (Lipinski definition) is 2. The van der Waals surface area contributed by atoms with Crippen LogP contribution in [-0.4, -0.2) is 62.0 Å². The van der Waals surface area contributed by atoms with Crippen LogP contribution >= 0.6 is 0 Å². The number of carbonyl (C=O) groups excluding carboxylic acids is 1. The zero-order valence-corrected chi connectivity index (χ0v) is 11.9. The second-order valence-electron chi connectivity index (χ2n) is 3.89. The highest BCUT2D eigenvalue weighted by molar-refractivity contribution is 7.89. The van der Waals surface area contributed by atoms with Gasteiger partial charge in [-0.1, -0.05) is 0 Å². The van der Waals surface area contributed by atoms with Crippen LogP contribution in [0, 0.1) is 0 Å². The minimum atomic E-state index is -3.31. The third-order valence-electron chi connectivity index (χ3n) is 2.34. The summed E-state index contributed by atoms with van der Waals surface area (Å²) in [5.41, 5.74) is 0.140. The van der Waals surface area contributed by atoms with Crippen molar-refractivity contribution in [3.05, 3.63) is 18.1 Å². The van der Waals surface area contributed by atoms with Crippen LogP contribution < -0.4 is 10.6 Å². The highest BCUT2D eigenvalue weighted by Crippen LogP contribution is 1.99. The Labute approximate surface area is 112 Å². The van der Waals surface area contributed by atoms with E-state index in [-0.39, 0.29) is 18.0 Å². The third kappa shape index (κ3) is 4.45. The van der Waals surface area contributed by atoms with Crippen molar-refractivity contribution in [2.24, 2.45) is 0 Å². The number of rotatable bonds is 6. The molecule has 1 amide bonds. The first-order valence-electron chi connectivity index (χ1n) is 5.55. The Morgan fingerprint density at radius 1 is 1.32 bits per heavy atom. The van der Waals surface area contributed by atoms with Crippen LogP contribution in [-0.2, 0) is 10.0 Å². The van der Waals surface area contributed by atoms with Crippen LogP contribution in [0.5, 0.6) is 0 Å². The number of nitrogens with one attached hydrogen (secondary N) is 2. The van der Waals surface area contributed by atoms with Crippen molar-refractivity contribution < 1.29 is 13.2 Å². The molecule has 1 heterocycles. The normalized spacial score (nSPS) is 11.4. The number of anilines is 1. The standard InChI is InChI=1S/C10H17N5O3S/c1-11-9-7-13-8(6-14-9)10(16)12-4-5-19(17,18)15(2)3/h6-7H,4-5H2,1-3H3,(H,11,14)(H,12,16). The lowest BCUT2D eigenvalue weighted by Crippen LogP contribution is -2.34. The summed E-state index contributed by atoms with van der Waals surface area (Å²) in [4.78, 5) is 19.5. The van der Waals surface area contributed by atoms with Crippen LogP contribution in [0.2, 0.25) is 0 Å². The number of nitrogens with zero attached hydrogens (tertiary/aromatic N) is 3. The molecule has 1 rings (SSSR count). The molecule has 0 aliphatic carbocycles. The summed E-state index contributed by atoms with van der Waals surface area (Å²) in [6, 6.07) is 0. The Kier molecular flexibility index (Phi) is 5.19. The molecule has 2 N–H and O–H groups in total. The van der Waals surface area contributed by atoms with E-state index >= 15 is 0 Å². The van der Waals surface area contributed by atoms with Gasteiger partial charge >= 0.3 is 0 Å². The Hall–Kier alpha value is -1.74. The van der Waals surface area contributed by atoms with Crippen molar-refractivity contribution in [2.75, 3.05) is 38.8 Å². The lowest BCUT2D eigenvalue weighted by molar-refractivity contribution is 0.0950. The topological polar surface area (TPSA) is 104 Å². The molecule has 106 valence electrons. The van der Waals surface area contributed by atoms with Crippen molar-refractivity contribution in [3.8, 4) is 0 Å². The third-order valence-corrected chi connectivity index (χ3v) is 4.18. The van der Waals surface area contributed by atoms with Gasteiger partial charge in [0, 0.05) is 27.7 Å². The highest BCUT2D eigenvalue weighted by Gasteiger charge is 2.14. The summed E-state index contributed by atoms with van der Waals surface area (Å²) < 4.78 is 24.1. The SMILES string of the molecule is CNc1cnc(C(=O)NCCS(=O)(=O)N(C)C)cn1. The van der Waals surface area contributed by atoms with Gasteiger partial charge in [0.1, 0.15) is 11.5 Å². The predicted octanol–water partition coefficient (Wildman–Crippen LogP) is -0.860. The smallest absolute Gasteiger partial charge is 0.271 e. The quantitative estimate of drug-likeness (QED) is 0.705.